The number of benzene rings is 1. The number of aromatic nitrogens is 1. The molecule has 0 saturated carbocycles. The average molecular weight is 425 g/mol. The largest absolute Gasteiger partial charge is 0.502 e. The van der Waals surface area contributed by atoms with Gasteiger partial charge in [-0.1, -0.05) is 12.1 Å². The normalized spacial score (nSPS) is 23.9. The molecule has 0 bridgehead atoms. The predicted octanol–water partition coefficient (Wildman–Crippen LogP) is 3.15. The topological polar surface area (TPSA) is 65.8 Å². The van der Waals surface area contributed by atoms with Gasteiger partial charge in [-0.3, -0.25) is 19.3 Å². The van der Waals surface area contributed by atoms with E-state index in [-0.39, 0.29) is 18.5 Å². The van der Waals surface area contributed by atoms with Crippen LogP contribution in [0, 0.1) is 11.7 Å². The number of halogens is 4. The third kappa shape index (κ3) is 3.29. The highest BCUT2D eigenvalue weighted by molar-refractivity contribution is 5.96. The SMILES string of the molecule is CN1C(=O)c2c(O)c(=O)ccn2N2C(c3ccc(F)cc3)C(CC(F)(F)F)CCC12. The molecule has 0 aliphatic carbocycles. The Balaban J connectivity index is 1.91. The van der Waals surface area contributed by atoms with Gasteiger partial charge in [-0.15, -0.1) is 0 Å². The molecule has 4 rings (SSSR count). The number of piperidine rings is 1. The van der Waals surface area contributed by atoms with Crippen LogP contribution in [0.15, 0.2) is 41.3 Å². The molecule has 0 spiro atoms. The zero-order valence-electron chi connectivity index (χ0n) is 15.9. The number of rotatable bonds is 2. The first kappa shape index (κ1) is 20.2. The molecule has 6 nitrogen and oxygen atoms in total. The molecule has 2 aromatic rings. The van der Waals surface area contributed by atoms with Gasteiger partial charge in [0.25, 0.3) is 5.91 Å². The lowest BCUT2D eigenvalue weighted by atomic mass is 9.81. The molecular formula is C20H19F4N3O3. The van der Waals surface area contributed by atoms with E-state index in [0.29, 0.717) is 5.56 Å². The van der Waals surface area contributed by atoms with Gasteiger partial charge in [-0.05, 0) is 36.5 Å². The predicted molar refractivity (Wildman–Crippen MR) is 99.0 cm³/mol. The quantitative estimate of drug-likeness (QED) is 0.751. The Morgan fingerprint density at radius 3 is 2.40 bits per heavy atom. The summed E-state index contributed by atoms with van der Waals surface area (Å²) in [6.07, 6.45) is -4.32. The summed E-state index contributed by atoms with van der Waals surface area (Å²) in [7, 11) is 1.48. The zero-order valence-corrected chi connectivity index (χ0v) is 15.9. The number of pyridine rings is 1. The number of fused-ring (bicyclic) bond motifs is 3. The van der Waals surface area contributed by atoms with Crippen LogP contribution in [-0.2, 0) is 0 Å². The van der Waals surface area contributed by atoms with Crippen molar-refractivity contribution in [2.45, 2.75) is 37.6 Å². The van der Waals surface area contributed by atoms with Gasteiger partial charge in [-0.25, -0.2) is 4.39 Å². The molecule has 1 aromatic heterocycles. The van der Waals surface area contributed by atoms with Gasteiger partial charge in [0.1, 0.15) is 12.0 Å². The fourth-order valence-corrected chi connectivity index (χ4v) is 4.51. The molecule has 10 heteroatoms. The molecule has 1 N–H and O–H groups in total. The monoisotopic (exact) mass is 425 g/mol. The molecule has 30 heavy (non-hydrogen) atoms. The van der Waals surface area contributed by atoms with E-state index >= 15 is 0 Å². The van der Waals surface area contributed by atoms with Crippen molar-refractivity contribution in [3.63, 3.8) is 0 Å². The molecule has 1 aromatic carbocycles. The van der Waals surface area contributed by atoms with E-state index in [4.69, 9.17) is 0 Å². The van der Waals surface area contributed by atoms with E-state index in [9.17, 15) is 32.3 Å². The summed E-state index contributed by atoms with van der Waals surface area (Å²) in [6.45, 7) is 0. The van der Waals surface area contributed by atoms with Crippen LogP contribution in [-0.4, -0.2) is 40.0 Å². The van der Waals surface area contributed by atoms with E-state index in [1.807, 2.05) is 0 Å². The number of aromatic hydroxyl groups is 1. The first-order valence-electron chi connectivity index (χ1n) is 9.41. The van der Waals surface area contributed by atoms with Crippen LogP contribution in [0.25, 0.3) is 0 Å². The minimum absolute atomic E-state index is 0.196. The lowest BCUT2D eigenvalue weighted by molar-refractivity contribution is -0.149. The van der Waals surface area contributed by atoms with Crippen molar-refractivity contribution in [2.24, 2.45) is 5.92 Å². The lowest BCUT2D eigenvalue weighted by Gasteiger charge is -2.54. The highest BCUT2D eigenvalue weighted by Crippen LogP contribution is 2.45. The smallest absolute Gasteiger partial charge is 0.389 e. The van der Waals surface area contributed by atoms with E-state index in [1.54, 1.807) is 5.01 Å². The molecule has 0 radical (unpaired) electrons. The maximum absolute atomic E-state index is 13.5. The fraction of sp³-hybridized carbons (Fsp3) is 0.400. The molecule has 2 aliphatic rings. The Hall–Kier alpha value is -3.04. The number of hydrogen-bond acceptors (Lipinski definition) is 4. The maximum Gasteiger partial charge on any atom is 0.389 e. The van der Waals surface area contributed by atoms with E-state index in [1.165, 1.54) is 47.1 Å². The van der Waals surface area contributed by atoms with Gasteiger partial charge >= 0.3 is 6.18 Å². The molecule has 160 valence electrons. The highest BCUT2D eigenvalue weighted by Gasteiger charge is 2.48. The average Bonchev–Trinajstić information content (AvgIpc) is 2.67. The van der Waals surface area contributed by atoms with Crippen molar-refractivity contribution in [2.75, 3.05) is 12.1 Å². The van der Waals surface area contributed by atoms with Crippen molar-refractivity contribution < 1.29 is 27.5 Å². The summed E-state index contributed by atoms with van der Waals surface area (Å²) in [5.74, 6) is -2.75. The minimum atomic E-state index is -4.41. The van der Waals surface area contributed by atoms with Crippen LogP contribution in [0.4, 0.5) is 17.6 Å². The van der Waals surface area contributed by atoms with Crippen LogP contribution >= 0.6 is 0 Å². The second-order valence-electron chi connectivity index (χ2n) is 7.65. The van der Waals surface area contributed by atoms with Crippen molar-refractivity contribution in [1.82, 2.24) is 9.58 Å². The summed E-state index contributed by atoms with van der Waals surface area (Å²) in [5.41, 5.74) is -0.619. The summed E-state index contributed by atoms with van der Waals surface area (Å²) < 4.78 is 54.8. The number of carbonyl (C=O) groups excluding carboxylic acids is 1. The Labute approximate surface area is 168 Å². The molecule has 3 heterocycles. The maximum atomic E-state index is 13.5. The zero-order chi connectivity index (χ0) is 21.8. The molecular weight excluding hydrogens is 406 g/mol. The Kier molecular flexibility index (Phi) is 4.74. The van der Waals surface area contributed by atoms with Gasteiger partial charge in [0.15, 0.2) is 11.4 Å². The van der Waals surface area contributed by atoms with Crippen LogP contribution < -0.4 is 10.4 Å². The summed E-state index contributed by atoms with van der Waals surface area (Å²) in [6, 6.07) is 5.39. The number of amides is 1. The first-order chi connectivity index (χ1) is 14.1. The second kappa shape index (κ2) is 7.03. The van der Waals surface area contributed by atoms with Crippen molar-refractivity contribution in [3.8, 4) is 5.75 Å². The van der Waals surface area contributed by atoms with Gasteiger partial charge in [-0.2, -0.15) is 13.2 Å². The molecule has 3 atom stereocenters. The van der Waals surface area contributed by atoms with Gasteiger partial charge in [0.05, 0.1) is 6.04 Å². The van der Waals surface area contributed by atoms with Gasteiger partial charge in [0, 0.05) is 25.7 Å². The summed E-state index contributed by atoms with van der Waals surface area (Å²) >= 11 is 0. The number of hydrogen-bond donors (Lipinski definition) is 1. The number of nitrogens with zero attached hydrogens (tertiary/aromatic N) is 3. The lowest BCUT2D eigenvalue weighted by Crippen LogP contribution is -2.64. The van der Waals surface area contributed by atoms with Crippen molar-refractivity contribution in [3.05, 3.63) is 63.8 Å². The summed E-state index contributed by atoms with van der Waals surface area (Å²) in [4.78, 5) is 26.0. The highest BCUT2D eigenvalue weighted by atomic mass is 19.4. The minimum Gasteiger partial charge on any atom is -0.502 e. The van der Waals surface area contributed by atoms with E-state index in [2.05, 4.69) is 0 Å². The Bertz CT molecular complexity index is 1040. The van der Waals surface area contributed by atoms with Crippen molar-refractivity contribution in [1.29, 1.82) is 0 Å². The molecule has 1 fully saturated rings. The number of carbonyl (C=O) groups is 1. The molecule has 1 amide bonds. The van der Waals surface area contributed by atoms with Crippen LogP contribution in [0.3, 0.4) is 0 Å². The molecule has 2 aliphatic heterocycles. The van der Waals surface area contributed by atoms with Crippen molar-refractivity contribution >= 4 is 5.91 Å². The molecule has 1 saturated heterocycles. The van der Waals surface area contributed by atoms with Gasteiger partial charge in [0.2, 0.25) is 5.43 Å². The van der Waals surface area contributed by atoms with Crippen LogP contribution in [0.5, 0.6) is 5.75 Å². The standard InChI is InChI=1S/C20H19F4N3O3/c1-25-15-7-4-12(10-20(22,23)24)16(11-2-5-13(21)6-3-11)27(15)26-9-8-14(28)18(29)17(26)19(25)30/h2-3,5-6,8-9,12,15-16,29H,4,7,10H2,1H3. The third-order valence-electron chi connectivity index (χ3n) is 5.81. The second-order valence-corrected chi connectivity index (χ2v) is 7.65. The van der Waals surface area contributed by atoms with E-state index < -0.39 is 53.6 Å². The molecule has 3 unspecified atom stereocenters. The Morgan fingerprint density at radius 2 is 1.77 bits per heavy atom. The summed E-state index contributed by atoms with van der Waals surface area (Å²) in [5, 5.41) is 11.8. The van der Waals surface area contributed by atoms with Crippen LogP contribution in [0.2, 0.25) is 0 Å². The first-order valence-corrected chi connectivity index (χ1v) is 9.41. The Morgan fingerprint density at radius 1 is 1.10 bits per heavy atom. The third-order valence-corrected chi connectivity index (χ3v) is 5.81. The van der Waals surface area contributed by atoms with Crippen LogP contribution in [0.1, 0.15) is 41.4 Å². The van der Waals surface area contributed by atoms with Gasteiger partial charge < -0.3 is 10.0 Å². The number of alkyl halides is 3. The fourth-order valence-electron chi connectivity index (χ4n) is 4.51. The van der Waals surface area contributed by atoms with E-state index in [0.717, 1.165) is 6.07 Å².